The number of ether oxygens (including phenoxy) is 2. The number of aliphatic hydroxyl groups excluding tert-OH is 3. The highest BCUT2D eigenvalue weighted by Gasteiger charge is 2.53. The zero-order valence-electron chi connectivity index (χ0n) is 41.5. The Bertz CT molecular complexity index is 2730. The molecule has 17 nitrogen and oxygen atoms in total. The van der Waals surface area contributed by atoms with E-state index in [0.717, 1.165) is 22.4 Å². The molecule has 72 heavy (non-hydrogen) atoms. The van der Waals surface area contributed by atoms with Crippen molar-refractivity contribution in [2.45, 2.75) is 103 Å². The number of carbonyl (C=O) groups is 3. The fourth-order valence-corrected chi connectivity index (χ4v) is 9.97. The summed E-state index contributed by atoms with van der Waals surface area (Å²) in [4.78, 5) is 49.2. The predicted octanol–water partition coefficient (Wildman–Crippen LogP) is 5.53. The van der Waals surface area contributed by atoms with E-state index in [4.69, 9.17) is 9.47 Å². The number of aliphatic hydroxyl groups is 4. The number of nitrogens with one attached hydrogen (secondary N) is 2. The number of anilines is 5. The van der Waals surface area contributed by atoms with Crippen LogP contribution in [0, 0.1) is 5.92 Å². The number of allylic oxidation sites excluding steroid dienone is 1. The Morgan fingerprint density at radius 3 is 1.93 bits per heavy atom. The van der Waals surface area contributed by atoms with Gasteiger partial charge in [-0.3, -0.25) is 28.9 Å². The first kappa shape index (κ1) is 51.9. The lowest BCUT2D eigenvalue weighted by molar-refractivity contribution is -0.139. The molecule has 3 aliphatic rings. The Morgan fingerprint density at radius 2 is 1.35 bits per heavy atom. The first-order chi connectivity index (χ1) is 35.0. The predicted molar refractivity (Wildman–Crippen MR) is 275 cm³/mol. The van der Waals surface area contributed by atoms with Gasteiger partial charge in [0.2, 0.25) is 11.8 Å². The molecule has 6 N–H and O–H groups in total. The molecule has 0 aliphatic carbocycles. The van der Waals surface area contributed by atoms with Crippen LogP contribution in [0.5, 0.6) is 11.5 Å². The van der Waals surface area contributed by atoms with E-state index in [2.05, 4.69) is 20.9 Å². The van der Waals surface area contributed by atoms with Crippen LogP contribution in [0.2, 0.25) is 0 Å². The Kier molecular flexibility index (Phi) is 17.2. The smallest absolute Gasteiger partial charge is 0.264 e. The van der Waals surface area contributed by atoms with Gasteiger partial charge in [-0.2, -0.15) is 0 Å². The van der Waals surface area contributed by atoms with Crippen molar-refractivity contribution in [1.82, 2.24) is 25.6 Å². The van der Waals surface area contributed by atoms with Crippen molar-refractivity contribution in [3.63, 3.8) is 0 Å². The van der Waals surface area contributed by atoms with Crippen LogP contribution in [0.3, 0.4) is 0 Å². The molecule has 0 saturated heterocycles. The highest BCUT2D eigenvalue weighted by molar-refractivity contribution is 6.10. The quantitative estimate of drug-likeness (QED) is 0.0314. The molecule has 2 unspecified atom stereocenters. The molecule has 0 saturated carbocycles. The van der Waals surface area contributed by atoms with Crippen molar-refractivity contribution in [3.05, 3.63) is 125 Å². The highest BCUT2D eigenvalue weighted by Crippen LogP contribution is 2.49. The van der Waals surface area contributed by atoms with Crippen molar-refractivity contribution in [3.8, 4) is 11.5 Å². The van der Waals surface area contributed by atoms with Crippen LogP contribution in [0.25, 0.3) is 0 Å². The van der Waals surface area contributed by atoms with Crippen molar-refractivity contribution in [2.24, 2.45) is 5.92 Å². The Morgan fingerprint density at radius 1 is 0.750 bits per heavy atom. The minimum atomic E-state index is -2.06. The summed E-state index contributed by atoms with van der Waals surface area (Å²) in [5.41, 5.74) is 4.53. The second kappa shape index (κ2) is 23.8. The van der Waals surface area contributed by atoms with E-state index in [0.29, 0.717) is 130 Å². The lowest BCUT2D eigenvalue weighted by Crippen LogP contribution is -2.49. The number of fused-ring (bicyclic) bond motifs is 3. The van der Waals surface area contributed by atoms with E-state index < -0.39 is 29.5 Å². The highest BCUT2D eigenvalue weighted by atomic mass is 16.5. The summed E-state index contributed by atoms with van der Waals surface area (Å²) in [7, 11) is 0. The number of amides is 3. The third kappa shape index (κ3) is 11.1. The van der Waals surface area contributed by atoms with Crippen LogP contribution in [-0.4, -0.2) is 111 Å². The standard InChI is InChI=1S/C55H68N8O9/c1-4-71-44-17-20-49-39(30-44)32-47(56-23-7-10-26-64)52(67)62(49)42-15-12-14-38(29-42)35-61-51-19-16-43(63-50-21-18-45(72-5-2)31-40(50)33-48(53(63)68)57-24-8-11-27-65)34-46(51)55(70,54(61)69)37(3)13-6-9-25-60-36-41(22-28-66)58-59-60/h6,12-21,29-31,34,36-37,47-48,56-57,64-66,70H,4-5,7-11,22-28,32-33,35H2,1-3H3/b13-6+/t37-,47?,48?,55+/m0/s1. The minimum absolute atomic E-state index is 0.0291. The number of aromatic nitrogens is 3. The maximum Gasteiger partial charge on any atom is 0.264 e. The van der Waals surface area contributed by atoms with Gasteiger partial charge < -0.3 is 45.4 Å². The van der Waals surface area contributed by atoms with E-state index in [1.54, 1.807) is 44.6 Å². The summed E-state index contributed by atoms with van der Waals surface area (Å²) < 4.78 is 13.4. The van der Waals surface area contributed by atoms with Crippen molar-refractivity contribution >= 4 is 46.2 Å². The molecule has 0 fully saturated rings. The molecule has 0 radical (unpaired) electrons. The third-order valence-corrected chi connectivity index (χ3v) is 13.6. The molecule has 0 spiro atoms. The molecule has 4 heterocycles. The fraction of sp³-hybridized carbons (Fsp3) is 0.436. The molecule has 3 aliphatic heterocycles. The minimum Gasteiger partial charge on any atom is -0.494 e. The first-order valence-electron chi connectivity index (χ1n) is 25.3. The number of aryl methyl sites for hydroxylation is 1. The molecule has 4 aromatic carbocycles. The number of hydrogen-bond acceptors (Lipinski definition) is 13. The van der Waals surface area contributed by atoms with Crippen LogP contribution in [0.4, 0.5) is 28.4 Å². The molecule has 5 aromatic rings. The maximum absolute atomic E-state index is 15.2. The van der Waals surface area contributed by atoms with Crippen molar-refractivity contribution in [1.29, 1.82) is 0 Å². The van der Waals surface area contributed by atoms with E-state index in [1.165, 1.54) is 0 Å². The summed E-state index contributed by atoms with van der Waals surface area (Å²) >= 11 is 0. The van der Waals surface area contributed by atoms with Gasteiger partial charge in [-0.05, 0) is 155 Å². The number of rotatable bonds is 25. The van der Waals surface area contributed by atoms with Gasteiger partial charge in [0.25, 0.3) is 5.91 Å². The Hall–Kier alpha value is -6.47. The van der Waals surface area contributed by atoms with Crippen LogP contribution < -0.4 is 34.8 Å². The lowest BCUT2D eigenvalue weighted by Gasteiger charge is -2.35. The summed E-state index contributed by atoms with van der Waals surface area (Å²) in [6.07, 6.45) is 9.97. The van der Waals surface area contributed by atoms with Gasteiger partial charge in [0.05, 0.1) is 54.6 Å². The van der Waals surface area contributed by atoms with E-state index in [-0.39, 0.29) is 38.2 Å². The second-order valence-electron chi connectivity index (χ2n) is 18.6. The summed E-state index contributed by atoms with van der Waals surface area (Å²) in [5, 5.41) is 56.3. The van der Waals surface area contributed by atoms with Gasteiger partial charge in [0, 0.05) is 61.8 Å². The SMILES string of the molecule is CCOc1ccc2c(c1)CC(NCCCCO)C(=O)N2c1cccc(CN2C(=O)[C@@](O)([C@@H](C)/C=C/CCn3cc(CCO)nn3)c3cc(N4C(=O)C(NCCCCO)Cc5cc(OCC)ccc54)ccc32)c1. The molecule has 17 heteroatoms. The molecule has 1 aromatic heterocycles. The van der Waals surface area contributed by atoms with Crippen molar-refractivity contribution < 1.29 is 44.3 Å². The summed E-state index contributed by atoms with van der Waals surface area (Å²) in [6, 6.07) is 23.2. The zero-order chi connectivity index (χ0) is 50.8. The number of nitrogens with zero attached hydrogens (tertiary/aromatic N) is 6. The van der Waals surface area contributed by atoms with Crippen LogP contribution in [0.1, 0.15) is 80.8 Å². The molecular weight excluding hydrogens is 917 g/mol. The van der Waals surface area contributed by atoms with Gasteiger partial charge in [0.15, 0.2) is 5.60 Å². The number of benzene rings is 4. The molecule has 382 valence electrons. The second-order valence-corrected chi connectivity index (χ2v) is 18.6. The fourth-order valence-electron chi connectivity index (χ4n) is 9.97. The summed E-state index contributed by atoms with van der Waals surface area (Å²) in [6.45, 7) is 8.37. The normalized spacial score (nSPS) is 19.0. The monoisotopic (exact) mass is 985 g/mol. The third-order valence-electron chi connectivity index (χ3n) is 13.6. The zero-order valence-corrected chi connectivity index (χ0v) is 41.5. The molecule has 8 rings (SSSR count). The van der Waals surface area contributed by atoms with E-state index in [1.807, 2.05) is 92.7 Å². The topological polar surface area (TPSA) is 215 Å². The first-order valence-corrected chi connectivity index (χ1v) is 25.3. The van der Waals surface area contributed by atoms with Gasteiger partial charge in [0.1, 0.15) is 11.5 Å². The average molecular weight is 985 g/mol. The van der Waals surface area contributed by atoms with E-state index in [9.17, 15) is 30.0 Å². The molecule has 3 amide bonds. The molecule has 4 atom stereocenters. The van der Waals surface area contributed by atoms with Crippen LogP contribution >= 0.6 is 0 Å². The number of carbonyl (C=O) groups excluding carboxylic acids is 3. The number of hydrogen-bond donors (Lipinski definition) is 6. The lowest BCUT2D eigenvalue weighted by atomic mass is 9.82. The average Bonchev–Trinajstić information content (AvgIpc) is 3.92. The maximum atomic E-state index is 15.2. The van der Waals surface area contributed by atoms with E-state index >= 15 is 4.79 Å². The van der Waals surface area contributed by atoms with Gasteiger partial charge in [-0.25, -0.2) is 0 Å². The van der Waals surface area contributed by atoms with Gasteiger partial charge in [-0.1, -0.05) is 36.4 Å². The molecular formula is C55H68N8O9. The van der Waals surface area contributed by atoms with Crippen LogP contribution in [0.15, 0.2) is 97.2 Å². The number of unbranched alkanes of at least 4 members (excludes halogenated alkanes) is 2. The Labute approximate surface area is 421 Å². The van der Waals surface area contributed by atoms with Crippen LogP contribution in [-0.2, 0) is 52.3 Å². The van der Waals surface area contributed by atoms with Gasteiger partial charge in [-0.15, -0.1) is 5.10 Å². The Balaban J connectivity index is 1.15. The summed E-state index contributed by atoms with van der Waals surface area (Å²) in [5.74, 6) is -0.192. The van der Waals surface area contributed by atoms with Crippen molar-refractivity contribution in [2.75, 3.05) is 60.8 Å². The largest absolute Gasteiger partial charge is 0.494 e. The molecule has 0 bridgehead atoms. The van der Waals surface area contributed by atoms with Gasteiger partial charge >= 0.3 is 0 Å².